The lowest BCUT2D eigenvalue weighted by Crippen LogP contribution is -2.44. The fourth-order valence-corrected chi connectivity index (χ4v) is 4.05. The van der Waals surface area contributed by atoms with Crippen molar-refractivity contribution in [1.82, 2.24) is 4.90 Å². The fraction of sp³-hybridized carbons (Fsp3) is 0.562. The Labute approximate surface area is 138 Å². The Morgan fingerprint density at radius 1 is 1.18 bits per heavy atom. The van der Waals surface area contributed by atoms with E-state index >= 15 is 0 Å². The van der Waals surface area contributed by atoms with Crippen molar-refractivity contribution in [2.24, 2.45) is 5.73 Å². The zero-order valence-corrected chi connectivity index (χ0v) is 14.1. The number of carbonyl (C=O) groups is 1. The van der Waals surface area contributed by atoms with Crippen LogP contribution in [0.5, 0.6) is 0 Å². The second kappa shape index (κ2) is 6.54. The number of likely N-dealkylation sites (tertiary alicyclic amines) is 1. The van der Waals surface area contributed by atoms with Gasteiger partial charge in [-0.1, -0.05) is 15.9 Å². The summed E-state index contributed by atoms with van der Waals surface area (Å²) in [6.07, 6.45) is 4.68. The van der Waals surface area contributed by atoms with Crippen LogP contribution in [0.3, 0.4) is 0 Å². The minimum atomic E-state index is -0.707. The van der Waals surface area contributed by atoms with Gasteiger partial charge in [-0.25, -0.2) is 4.39 Å². The average Bonchev–Trinajstić information content (AvgIpc) is 3.00. The Morgan fingerprint density at radius 3 is 2.41 bits per heavy atom. The van der Waals surface area contributed by atoms with Crippen LogP contribution in [0, 0.1) is 5.82 Å². The lowest BCUT2D eigenvalue weighted by molar-refractivity contribution is 0.0997. The molecule has 0 atom stereocenters. The van der Waals surface area contributed by atoms with E-state index < -0.39 is 11.7 Å². The van der Waals surface area contributed by atoms with E-state index in [0.29, 0.717) is 16.2 Å². The van der Waals surface area contributed by atoms with Gasteiger partial charge in [-0.3, -0.25) is 4.79 Å². The van der Waals surface area contributed by atoms with Crippen LogP contribution in [0.2, 0.25) is 0 Å². The smallest absolute Gasteiger partial charge is 0.253 e. The molecule has 0 saturated carbocycles. The van der Waals surface area contributed by atoms with Gasteiger partial charge in [-0.15, -0.1) is 0 Å². The monoisotopic (exact) mass is 369 g/mol. The number of amides is 1. The molecule has 0 radical (unpaired) electrons. The molecule has 0 aromatic heterocycles. The first-order valence-electron chi connectivity index (χ1n) is 7.84. The van der Waals surface area contributed by atoms with E-state index in [2.05, 4.69) is 25.7 Å². The van der Waals surface area contributed by atoms with Crippen LogP contribution in [-0.2, 0) is 0 Å². The van der Waals surface area contributed by atoms with Crippen LogP contribution in [0.4, 0.5) is 10.1 Å². The third-order valence-corrected chi connectivity index (χ3v) is 5.20. The number of rotatable bonds is 3. The standard InChI is InChI=1S/C16H21BrFN3O/c17-11-9-13(18)15(16(19)22)14(10-11)21-7-3-12(4-8-21)20-5-1-2-6-20/h9-10,12H,1-8H2,(H2,19,22). The van der Waals surface area contributed by atoms with E-state index in [1.54, 1.807) is 6.07 Å². The molecule has 2 saturated heterocycles. The van der Waals surface area contributed by atoms with Gasteiger partial charge in [0.15, 0.2) is 0 Å². The van der Waals surface area contributed by atoms with Gasteiger partial charge in [0, 0.05) is 23.6 Å². The van der Waals surface area contributed by atoms with Gasteiger partial charge < -0.3 is 15.5 Å². The Balaban J connectivity index is 1.77. The summed E-state index contributed by atoms with van der Waals surface area (Å²) in [5.41, 5.74) is 5.98. The lowest BCUT2D eigenvalue weighted by atomic mass is 10.0. The maximum Gasteiger partial charge on any atom is 0.253 e. The Kier molecular flexibility index (Phi) is 4.68. The Morgan fingerprint density at radius 2 is 1.82 bits per heavy atom. The topological polar surface area (TPSA) is 49.6 Å². The third-order valence-electron chi connectivity index (χ3n) is 4.74. The molecule has 6 heteroatoms. The first kappa shape index (κ1) is 15.7. The predicted octanol–water partition coefficient (Wildman–Crippen LogP) is 2.75. The van der Waals surface area contributed by atoms with Gasteiger partial charge in [0.1, 0.15) is 5.82 Å². The summed E-state index contributed by atoms with van der Waals surface area (Å²) in [7, 11) is 0. The van der Waals surface area contributed by atoms with Crippen molar-refractivity contribution in [3.8, 4) is 0 Å². The molecule has 2 fully saturated rings. The van der Waals surface area contributed by atoms with Crippen molar-refractivity contribution < 1.29 is 9.18 Å². The summed E-state index contributed by atoms with van der Waals surface area (Å²) < 4.78 is 14.7. The number of piperidine rings is 1. The molecule has 0 bridgehead atoms. The van der Waals surface area contributed by atoms with Crippen molar-refractivity contribution in [2.45, 2.75) is 31.7 Å². The number of hydrogen-bond donors (Lipinski definition) is 1. The molecule has 3 rings (SSSR count). The van der Waals surface area contributed by atoms with Crippen LogP contribution < -0.4 is 10.6 Å². The number of nitrogens with two attached hydrogens (primary N) is 1. The second-order valence-corrected chi connectivity index (χ2v) is 7.02. The third kappa shape index (κ3) is 3.13. The summed E-state index contributed by atoms with van der Waals surface area (Å²) in [4.78, 5) is 16.2. The molecule has 0 unspecified atom stereocenters. The summed E-state index contributed by atoms with van der Waals surface area (Å²) >= 11 is 3.30. The molecule has 1 amide bonds. The zero-order chi connectivity index (χ0) is 15.7. The number of halogens is 2. The largest absolute Gasteiger partial charge is 0.371 e. The number of nitrogens with zero attached hydrogens (tertiary/aromatic N) is 2. The number of carbonyl (C=O) groups excluding carboxylic acids is 1. The number of anilines is 1. The van der Waals surface area contributed by atoms with Gasteiger partial charge in [0.25, 0.3) is 5.91 Å². The SMILES string of the molecule is NC(=O)c1c(F)cc(Br)cc1N1CCC(N2CCCC2)CC1. The van der Waals surface area contributed by atoms with E-state index in [-0.39, 0.29) is 5.56 Å². The van der Waals surface area contributed by atoms with Crippen LogP contribution in [0.25, 0.3) is 0 Å². The van der Waals surface area contributed by atoms with E-state index in [1.807, 2.05) is 0 Å². The molecule has 2 heterocycles. The summed E-state index contributed by atoms with van der Waals surface area (Å²) in [5, 5.41) is 0. The summed E-state index contributed by atoms with van der Waals surface area (Å²) in [5.74, 6) is -1.26. The van der Waals surface area contributed by atoms with Crippen molar-refractivity contribution in [3.63, 3.8) is 0 Å². The molecular weight excluding hydrogens is 349 g/mol. The van der Waals surface area contributed by atoms with Crippen LogP contribution in [-0.4, -0.2) is 43.0 Å². The maximum absolute atomic E-state index is 14.1. The van der Waals surface area contributed by atoms with E-state index in [0.717, 1.165) is 25.9 Å². The van der Waals surface area contributed by atoms with Gasteiger partial charge in [0.2, 0.25) is 0 Å². The van der Waals surface area contributed by atoms with Crippen LogP contribution in [0.1, 0.15) is 36.0 Å². The quantitative estimate of drug-likeness (QED) is 0.890. The van der Waals surface area contributed by atoms with Crippen molar-refractivity contribution in [1.29, 1.82) is 0 Å². The molecule has 1 aromatic carbocycles. The van der Waals surface area contributed by atoms with Crippen molar-refractivity contribution in [2.75, 3.05) is 31.1 Å². The van der Waals surface area contributed by atoms with Gasteiger partial charge >= 0.3 is 0 Å². The minimum Gasteiger partial charge on any atom is -0.371 e. The molecule has 120 valence electrons. The number of benzene rings is 1. The Hall–Kier alpha value is -1.14. The molecule has 0 aliphatic carbocycles. The lowest BCUT2D eigenvalue weighted by Gasteiger charge is -2.38. The van der Waals surface area contributed by atoms with Crippen molar-refractivity contribution >= 4 is 27.5 Å². The summed E-state index contributed by atoms with van der Waals surface area (Å²) in [6, 6.07) is 3.70. The minimum absolute atomic E-state index is 0.00261. The fourth-order valence-electron chi connectivity index (χ4n) is 3.63. The first-order valence-corrected chi connectivity index (χ1v) is 8.63. The number of hydrogen-bond acceptors (Lipinski definition) is 3. The number of primary amides is 1. The molecule has 2 aliphatic heterocycles. The van der Waals surface area contributed by atoms with Gasteiger partial charge in [-0.2, -0.15) is 0 Å². The summed E-state index contributed by atoms with van der Waals surface area (Å²) in [6.45, 7) is 4.06. The molecular formula is C16H21BrFN3O. The van der Waals surface area contributed by atoms with E-state index in [1.165, 1.54) is 32.0 Å². The molecule has 1 aromatic rings. The highest BCUT2D eigenvalue weighted by Crippen LogP contribution is 2.31. The normalized spacial score (nSPS) is 20.5. The molecule has 0 spiro atoms. The van der Waals surface area contributed by atoms with Gasteiger partial charge in [-0.05, 0) is 50.9 Å². The zero-order valence-electron chi connectivity index (χ0n) is 12.5. The molecule has 2 N–H and O–H groups in total. The maximum atomic E-state index is 14.1. The van der Waals surface area contributed by atoms with Crippen molar-refractivity contribution in [3.05, 3.63) is 28.0 Å². The van der Waals surface area contributed by atoms with E-state index in [9.17, 15) is 9.18 Å². The highest BCUT2D eigenvalue weighted by atomic mass is 79.9. The average molecular weight is 370 g/mol. The predicted molar refractivity (Wildman–Crippen MR) is 88.7 cm³/mol. The molecule has 2 aliphatic rings. The second-order valence-electron chi connectivity index (χ2n) is 6.11. The highest BCUT2D eigenvalue weighted by molar-refractivity contribution is 9.10. The van der Waals surface area contributed by atoms with E-state index in [4.69, 9.17) is 5.73 Å². The molecule has 22 heavy (non-hydrogen) atoms. The first-order chi connectivity index (χ1) is 10.6. The highest BCUT2D eigenvalue weighted by Gasteiger charge is 2.28. The molecule has 4 nitrogen and oxygen atoms in total. The van der Waals surface area contributed by atoms with Crippen LogP contribution >= 0.6 is 15.9 Å². The Bertz CT molecular complexity index is 567. The van der Waals surface area contributed by atoms with Crippen LogP contribution in [0.15, 0.2) is 16.6 Å². The van der Waals surface area contributed by atoms with Gasteiger partial charge in [0.05, 0.1) is 11.3 Å².